The van der Waals surface area contributed by atoms with Crippen LogP contribution in [-0.4, -0.2) is 56.3 Å². The molecular weight excluding hydrogens is 403 g/mol. The predicted molar refractivity (Wildman–Crippen MR) is 101 cm³/mol. The molecule has 3 aromatic rings. The van der Waals surface area contributed by atoms with Crippen molar-refractivity contribution in [3.63, 3.8) is 0 Å². The molecular formula is C18H18F3N7O2. The molecule has 3 aromatic heterocycles. The lowest BCUT2D eigenvalue weighted by Gasteiger charge is -2.27. The largest absolute Gasteiger partial charge is 0.467 e. The highest BCUT2D eigenvalue weighted by atomic mass is 19.4. The first-order chi connectivity index (χ1) is 14.3. The molecule has 0 bridgehead atoms. The van der Waals surface area contributed by atoms with Gasteiger partial charge in [0.15, 0.2) is 5.65 Å². The van der Waals surface area contributed by atoms with Crippen molar-refractivity contribution in [2.24, 2.45) is 0 Å². The Morgan fingerprint density at radius 1 is 1.30 bits per heavy atom. The summed E-state index contributed by atoms with van der Waals surface area (Å²) in [6.07, 6.45) is -1.01. The number of amides is 1. The number of aromatic nitrogens is 5. The molecule has 9 nitrogen and oxygen atoms in total. The first-order valence-electron chi connectivity index (χ1n) is 9.15. The number of carbonyl (C=O) groups excluding carboxylic acids is 1. The Balaban J connectivity index is 1.69. The van der Waals surface area contributed by atoms with Crippen molar-refractivity contribution in [2.75, 3.05) is 23.9 Å². The minimum atomic E-state index is -4.35. The maximum atomic E-state index is 13.4. The minimum Gasteiger partial charge on any atom is -0.467 e. The number of nitrogens with zero attached hydrogens (tertiary/aromatic N) is 6. The van der Waals surface area contributed by atoms with E-state index >= 15 is 0 Å². The molecule has 4 heterocycles. The predicted octanol–water partition coefficient (Wildman–Crippen LogP) is 2.62. The molecule has 1 saturated heterocycles. The van der Waals surface area contributed by atoms with Gasteiger partial charge >= 0.3 is 12.2 Å². The van der Waals surface area contributed by atoms with E-state index in [2.05, 4.69) is 25.4 Å². The quantitative estimate of drug-likeness (QED) is 0.692. The zero-order chi connectivity index (χ0) is 21.5. The summed E-state index contributed by atoms with van der Waals surface area (Å²) in [6, 6.07) is 1.44. The molecule has 158 valence electrons. The molecule has 0 radical (unpaired) electrons. The van der Waals surface area contributed by atoms with Gasteiger partial charge in [0.1, 0.15) is 23.2 Å². The van der Waals surface area contributed by atoms with E-state index in [9.17, 15) is 18.0 Å². The van der Waals surface area contributed by atoms with E-state index in [1.165, 1.54) is 41.1 Å². The van der Waals surface area contributed by atoms with Gasteiger partial charge < -0.3 is 15.0 Å². The number of carbonyl (C=O) groups is 1. The standard InChI is InChI=1S/C18H18F3N7O2/c1-10-14(16(29)23-12-5-7-22-17(24-12)30-2)15-25-13(6-9-28(15)26-10)27-8-3-4-11(27)18(19,20)21/h5-7,9,11H,3-4,8H2,1-2H3,(H,22,23,24,29)/t11-/m1/s1. The fourth-order valence-electron chi connectivity index (χ4n) is 3.52. The third kappa shape index (κ3) is 3.60. The molecule has 1 amide bonds. The Morgan fingerprint density at radius 2 is 2.10 bits per heavy atom. The lowest BCUT2D eigenvalue weighted by Crippen LogP contribution is -2.41. The topological polar surface area (TPSA) is 97.5 Å². The van der Waals surface area contributed by atoms with Gasteiger partial charge in [-0.25, -0.2) is 14.5 Å². The molecule has 30 heavy (non-hydrogen) atoms. The summed E-state index contributed by atoms with van der Waals surface area (Å²) in [5.41, 5.74) is 0.695. The van der Waals surface area contributed by atoms with Gasteiger partial charge in [0.25, 0.3) is 5.91 Å². The van der Waals surface area contributed by atoms with Gasteiger partial charge in [0.05, 0.1) is 12.8 Å². The van der Waals surface area contributed by atoms with Crippen LogP contribution < -0.4 is 15.0 Å². The fraction of sp³-hybridized carbons (Fsp3) is 0.389. The van der Waals surface area contributed by atoms with Crippen LogP contribution in [0.4, 0.5) is 24.8 Å². The minimum absolute atomic E-state index is 0.0114. The highest BCUT2D eigenvalue weighted by molar-refractivity contribution is 6.08. The van der Waals surface area contributed by atoms with Crippen LogP contribution in [0.15, 0.2) is 24.5 Å². The van der Waals surface area contributed by atoms with Crippen LogP contribution in [0.1, 0.15) is 28.9 Å². The molecule has 0 aliphatic carbocycles. The average Bonchev–Trinajstić information content (AvgIpc) is 3.31. The van der Waals surface area contributed by atoms with Crippen LogP contribution in [0, 0.1) is 6.92 Å². The first kappa shape index (κ1) is 19.9. The first-order valence-corrected chi connectivity index (χ1v) is 9.15. The van der Waals surface area contributed by atoms with Crippen molar-refractivity contribution in [1.82, 2.24) is 24.6 Å². The Bertz CT molecular complexity index is 1100. The lowest BCUT2D eigenvalue weighted by molar-refractivity contribution is -0.146. The van der Waals surface area contributed by atoms with Crippen LogP contribution >= 0.6 is 0 Å². The number of alkyl halides is 3. The number of methoxy groups -OCH3 is 1. The second-order valence-corrected chi connectivity index (χ2v) is 6.79. The third-order valence-corrected chi connectivity index (χ3v) is 4.86. The van der Waals surface area contributed by atoms with Crippen molar-refractivity contribution in [3.05, 3.63) is 35.8 Å². The summed E-state index contributed by atoms with van der Waals surface area (Å²) in [5.74, 6) is -0.180. The monoisotopic (exact) mass is 421 g/mol. The highest BCUT2D eigenvalue weighted by Crippen LogP contribution is 2.35. The highest BCUT2D eigenvalue weighted by Gasteiger charge is 2.46. The van der Waals surface area contributed by atoms with Gasteiger partial charge in [0.2, 0.25) is 0 Å². The number of halogens is 3. The SMILES string of the molecule is COc1nccc(NC(=O)c2c(C)nn3ccc(N4CCC[C@@H]4C(F)(F)F)nc23)n1. The van der Waals surface area contributed by atoms with Crippen molar-refractivity contribution in [1.29, 1.82) is 0 Å². The van der Waals surface area contributed by atoms with Gasteiger partial charge in [-0.15, -0.1) is 0 Å². The second-order valence-electron chi connectivity index (χ2n) is 6.79. The van der Waals surface area contributed by atoms with Crippen LogP contribution in [0.3, 0.4) is 0 Å². The van der Waals surface area contributed by atoms with Crippen LogP contribution in [-0.2, 0) is 0 Å². The summed E-state index contributed by atoms with van der Waals surface area (Å²) in [4.78, 5) is 26.3. The van der Waals surface area contributed by atoms with E-state index in [4.69, 9.17) is 4.74 Å². The number of rotatable bonds is 4. The van der Waals surface area contributed by atoms with Gasteiger partial charge in [-0.05, 0) is 31.9 Å². The van der Waals surface area contributed by atoms with Crippen LogP contribution in [0.2, 0.25) is 0 Å². The summed E-state index contributed by atoms with van der Waals surface area (Å²) in [7, 11) is 1.40. The molecule has 1 aliphatic rings. The van der Waals surface area contributed by atoms with Crippen LogP contribution in [0.5, 0.6) is 6.01 Å². The molecule has 4 rings (SSSR count). The maximum absolute atomic E-state index is 13.4. The second kappa shape index (κ2) is 7.43. The number of aryl methyl sites for hydroxylation is 1. The van der Waals surface area contributed by atoms with Gasteiger partial charge in [-0.1, -0.05) is 0 Å². The normalized spacial score (nSPS) is 16.8. The molecule has 1 atom stereocenters. The Hall–Kier alpha value is -3.44. The van der Waals surface area contributed by atoms with E-state index in [0.717, 1.165) is 0 Å². The summed E-state index contributed by atoms with van der Waals surface area (Å²) < 4.78 is 46.4. The van der Waals surface area contributed by atoms with Gasteiger partial charge in [-0.3, -0.25) is 4.79 Å². The number of ether oxygens (including phenoxy) is 1. The zero-order valence-electron chi connectivity index (χ0n) is 16.1. The van der Waals surface area contributed by atoms with E-state index in [0.29, 0.717) is 12.1 Å². The molecule has 0 aromatic carbocycles. The van der Waals surface area contributed by atoms with Crippen LogP contribution in [0.25, 0.3) is 5.65 Å². The Kier molecular flexibility index (Phi) is 4.92. The van der Waals surface area contributed by atoms with Gasteiger partial charge in [0, 0.05) is 18.9 Å². The fourth-order valence-corrected chi connectivity index (χ4v) is 3.52. The number of nitrogens with one attached hydrogen (secondary N) is 1. The maximum Gasteiger partial charge on any atom is 0.408 e. The number of fused-ring (bicyclic) bond motifs is 1. The number of anilines is 2. The molecule has 1 N–H and O–H groups in total. The van der Waals surface area contributed by atoms with E-state index in [1.807, 2.05) is 0 Å². The van der Waals surface area contributed by atoms with Crippen molar-refractivity contribution in [3.8, 4) is 6.01 Å². The summed E-state index contributed by atoms with van der Waals surface area (Å²) in [6.45, 7) is 1.86. The lowest BCUT2D eigenvalue weighted by atomic mass is 10.2. The molecule has 1 aliphatic heterocycles. The van der Waals surface area contributed by atoms with Crippen molar-refractivity contribution < 1.29 is 22.7 Å². The average molecular weight is 421 g/mol. The molecule has 1 fully saturated rings. The van der Waals surface area contributed by atoms with Crippen molar-refractivity contribution in [2.45, 2.75) is 32.0 Å². The molecule has 12 heteroatoms. The number of hydrogen-bond donors (Lipinski definition) is 1. The zero-order valence-corrected chi connectivity index (χ0v) is 16.1. The number of hydrogen-bond acceptors (Lipinski definition) is 7. The molecule has 0 saturated carbocycles. The molecule has 0 spiro atoms. The van der Waals surface area contributed by atoms with E-state index in [-0.39, 0.29) is 41.8 Å². The summed E-state index contributed by atoms with van der Waals surface area (Å²) in [5, 5.41) is 6.86. The summed E-state index contributed by atoms with van der Waals surface area (Å²) >= 11 is 0. The van der Waals surface area contributed by atoms with Gasteiger partial charge in [-0.2, -0.15) is 23.3 Å². The van der Waals surface area contributed by atoms with E-state index in [1.54, 1.807) is 6.92 Å². The Labute approximate surface area is 168 Å². The molecule has 0 unspecified atom stereocenters. The van der Waals surface area contributed by atoms with E-state index < -0.39 is 18.1 Å². The third-order valence-electron chi connectivity index (χ3n) is 4.86. The smallest absolute Gasteiger partial charge is 0.408 e. The Morgan fingerprint density at radius 3 is 2.83 bits per heavy atom. The van der Waals surface area contributed by atoms with Crippen molar-refractivity contribution >= 4 is 23.2 Å².